The zero-order valence-corrected chi connectivity index (χ0v) is 22.9. The lowest BCUT2D eigenvalue weighted by atomic mass is 10.2. The van der Waals surface area contributed by atoms with Gasteiger partial charge in [-0.15, -0.1) is 0 Å². The summed E-state index contributed by atoms with van der Waals surface area (Å²) in [7, 11) is 0. The van der Waals surface area contributed by atoms with Crippen LogP contribution in [0.1, 0.15) is 36.7 Å². The van der Waals surface area contributed by atoms with Gasteiger partial charge in [-0.3, -0.25) is 4.79 Å². The van der Waals surface area contributed by atoms with Crippen LogP contribution in [-0.2, 0) is 13.0 Å². The smallest absolute Gasteiger partial charge is 0.282 e. The van der Waals surface area contributed by atoms with Crippen LogP contribution in [0.3, 0.4) is 0 Å². The number of halogens is 3. The van der Waals surface area contributed by atoms with Crippen molar-refractivity contribution in [3.63, 3.8) is 0 Å². The van der Waals surface area contributed by atoms with E-state index in [0.29, 0.717) is 56.0 Å². The van der Waals surface area contributed by atoms with Crippen molar-refractivity contribution >= 4 is 56.2 Å². The van der Waals surface area contributed by atoms with Gasteiger partial charge in [0.25, 0.3) is 5.56 Å². The van der Waals surface area contributed by atoms with Crippen LogP contribution in [0.2, 0.25) is 10.0 Å². The second-order valence-corrected chi connectivity index (χ2v) is 10.2. The first-order valence-electron chi connectivity index (χ1n) is 11.7. The molecule has 0 bridgehead atoms. The lowest BCUT2D eigenvalue weighted by Crippen LogP contribution is -2.22. The minimum absolute atomic E-state index is 0.208. The maximum absolute atomic E-state index is 13.3. The molecule has 0 atom stereocenters. The Bertz CT molecular complexity index is 1550. The molecule has 0 fully saturated rings. The van der Waals surface area contributed by atoms with Gasteiger partial charge in [0.2, 0.25) is 6.79 Å². The molecule has 0 radical (unpaired) electrons. The van der Waals surface area contributed by atoms with Crippen molar-refractivity contribution in [2.75, 3.05) is 6.79 Å². The molecule has 0 saturated carbocycles. The molecule has 0 N–H and O–H groups in total. The van der Waals surface area contributed by atoms with Crippen LogP contribution < -0.4 is 19.8 Å². The van der Waals surface area contributed by atoms with Crippen LogP contribution in [0.4, 0.5) is 0 Å². The van der Waals surface area contributed by atoms with Gasteiger partial charge in [-0.2, -0.15) is 9.78 Å². The number of rotatable bonds is 8. The second kappa shape index (κ2) is 11.1. The van der Waals surface area contributed by atoms with Crippen LogP contribution in [0, 0.1) is 0 Å². The molecule has 7 nitrogen and oxygen atoms in total. The maximum Gasteiger partial charge on any atom is 0.282 e. The predicted molar refractivity (Wildman–Crippen MR) is 149 cm³/mol. The van der Waals surface area contributed by atoms with Gasteiger partial charge in [0.1, 0.15) is 12.4 Å². The first-order valence-corrected chi connectivity index (χ1v) is 13.2. The van der Waals surface area contributed by atoms with Crippen molar-refractivity contribution < 1.29 is 14.2 Å². The summed E-state index contributed by atoms with van der Waals surface area (Å²) in [4.78, 5) is 18.0. The van der Waals surface area contributed by atoms with Crippen molar-refractivity contribution in [2.24, 2.45) is 5.10 Å². The van der Waals surface area contributed by atoms with Crippen molar-refractivity contribution in [2.45, 2.75) is 32.8 Å². The van der Waals surface area contributed by atoms with Crippen molar-refractivity contribution in [3.05, 3.63) is 90.4 Å². The third kappa shape index (κ3) is 5.61. The Labute approximate surface area is 231 Å². The molecule has 0 aliphatic carbocycles. The summed E-state index contributed by atoms with van der Waals surface area (Å²) < 4.78 is 18.8. The molecular formula is C27H22BrCl2N3O4. The second-order valence-electron chi connectivity index (χ2n) is 8.44. The summed E-state index contributed by atoms with van der Waals surface area (Å²) in [6, 6.07) is 14.4. The largest absolute Gasteiger partial charge is 0.486 e. The van der Waals surface area contributed by atoms with Gasteiger partial charge in [-0.25, -0.2) is 4.98 Å². The van der Waals surface area contributed by atoms with Crippen LogP contribution in [0.15, 0.2) is 62.9 Å². The third-order valence-electron chi connectivity index (χ3n) is 5.79. The number of hydrogen-bond acceptors (Lipinski definition) is 6. The van der Waals surface area contributed by atoms with E-state index in [1.54, 1.807) is 24.4 Å². The highest BCUT2D eigenvalue weighted by Crippen LogP contribution is 2.36. The SMILES string of the molecule is CCCCc1nc2ccc(Br)cc2c(=O)n1N=Cc1cc(Cl)c(OCc2ccc3c(c2)OCO3)c(Cl)c1. The van der Waals surface area contributed by atoms with Gasteiger partial charge >= 0.3 is 0 Å². The molecule has 1 aliphatic heterocycles. The highest BCUT2D eigenvalue weighted by Gasteiger charge is 2.15. The molecule has 10 heteroatoms. The highest BCUT2D eigenvalue weighted by molar-refractivity contribution is 9.10. The number of fused-ring (bicyclic) bond motifs is 2. The van der Waals surface area contributed by atoms with E-state index < -0.39 is 0 Å². The zero-order chi connectivity index (χ0) is 25.9. The summed E-state index contributed by atoms with van der Waals surface area (Å²) in [6.45, 7) is 2.54. The molecule has 37 heavy (non-hydrogen) atoms. The minimum atomic E-state index is -0.241. The number of unbranched alkanes of at least 4 members (excludes halogenated alkanes) is 1. The van der Waals surface area contributed by atoms with E-state index in [1.807, 2.05) is 30.3 Å². The summed E-state index contributed by atoms with van der Waals surface area (Å²) in [5.74, 6) is 2.33. The molecule has 4 aromatic rings. The fraction of sp³-hybridized carbons (Fsp3) is 0.222. The monoisotopic (exact) mass is 601 g/mol. The Morgan fingerprint density at radius 2 is 1.89 bits per heavy atom. The van der Waals surface area contributed by atoms with Gasteiger partial charge in [-0.1, -0.05) is 58.5 Å². The topological polar surface area (TPSA) is 74.9 Å². The molecule has 0 amide bonds. The Kier molecular flexibility index (Phi) is 7.69. The van der Waals surface area contributed by atoms with E-state index in [0.717, 1.165) is 22.9 Å². The van der Waals surface area contributed by atoms with Crippen LogP contribution in [-0.4, -0.2) is 22.7 Å². The molecule has 0 unspecified atom stereocenters. The predicted octanol–water partition coefficient (Wildman–Crippen LogP) is 7.00. The summed E-state index contributed by atoms with van der Waals surface area (Å²) in [5, 5.41) is 5.60. The first kappa shape index (κ1) is 25.6. The van der Waals surface area contributed by atoms with E-state index in [9.17, 15) is 4.79 Å². The molecule has 0 saturated heterocycles. The quantitative estimate of drug-likeness (QED) is 0.203. The van der Waals surface area contributed by atoms with E-state index in [2.05, 4.69) is 28.0 Å². The van der Waals surface area contributed by atoms with E-state index in [1.165, 1.54) is 4.68 Å². The molecule has 2 heterocycles. The lowest BCUT2D eigenvalue weighted by molar-refractivity contribution is 0.174. The number of nitrogens with zero attached hydrogens (tertiary/aromatic N) is 3. The van der Waals surface area contributed by atoms with Crippen LogP contribution in [0.25, 0.3) is 10.9 Å². The van der Waals surface area contributed by atoms with Crippen LogP contribution in [0.5, 0.6) is 17.2 Å². The Morgan fingerprint density at radius 3 is 2.68 bits per heavy atom. The average Bonchev–Trinajstić information content (AvgIpc) is 3.35. The Balaban J connectivity index is 1.40. The van der Waals surface area contributed by atoms with E-state index in [4.69, 9.17) is 42.4 Å². The van der Waals surface area contributed by atoms with Gasteiger partial charge < -0.3 is 14.2 Å². The molecule has 3 aromatic carbocycles. The zero-order valence-electron chi connectivity index (χ0n) is 19.8. The number of aryl methyl sites for hydroxylation is 1. The molecule has 5 rings (SSSR count). The molecule has 190 valence electrons. The maximum atomic E-state index is 13.3. The fourth-order valence-electron chi connectivity index (χ4n) is 3.91. The highest BCUT2D eigenvalue weighted by atomic mass is 79.9. The van der Waals surface area contributed by atoms with E-state index >= 15 is 0 Å². The van der Waals surface area contributed by atoms with E-state index in [-0.39, 0.29) is 19.0 Å². The normalized spacial score (nSPS) is 12.5. The van der Waals surface area contributed by atoms with Gasteiger partial charge in [0.05, 0.1) is 27.2 Å². The minimum Gasteiger partial charge on any atom is -0.486 e. The molecule has 0 spiro atoms. The van der Waals surface area contributed by atoms with Gasteiger partial charge in [0, 0.05) is 10.9 Å². The van der Waals surface area contributed by atoms with Gasteiger partial charge in [-0.05, 0) is 60.0 Å². The molecule has 1 aromatic heterocycles. The van der Waals surface area contributed by atoms with Crippen molar-refractivity contribution in [1.82, 2.24) is 9.66 Å². The third-order valence-corrected chi connectivity index (χ3v) is 6.85. The number of hydrogen-bond donors (Lipinski definition) is 0. The molecule has 1 aliphatic rings. The Hall–Kier alpha value is -3.07. The number of aromatic nitrogens is 2. The van der Waals surface area contributed by atoms with Crippen LogP contribution >= 0.6 is 39.1 Å². The first-order chi connectivity index (χ1) is 17.9. The van der Waals surface area contributed by atoms with Crippen molar-refractivity contribution in [1.29, 1.82) is 0 Å². The number of benzene rings is 3. The fourth-order valence-corrected chi connectivity index (χ4v) is 4.89. The standard InChI is InChI=1S/C27H22BrCl2N3O4/c1-2-3-4-25-32-22-7-6-18(28)12-19(22)27(34)33(25)31-13-17-9-20(29)26(21(30)10-17)35-14-16-5-8-23-24(11-16)37-15-36-23/h5-13H,2-4,14-15H2,1H3. The lowest BCUT2D eigenvalue weighted by Gasteiger charge is -2.12. The summed E-state index contributed by atoms with van der Waals surface area (Å²) in [5.41, 5.74) is 1.90. The average molecular weight is 603 g/mol. The summed E-state index contributed by atoms with van der Waals surface area (Å²) in [6.07, 6.45) is 4.03. The van der Waals surface area contributed by atoms with Crippen molar-refractivity contribution in [3.8, 4) is 17.2 Å². The Morgan fingerprint density at radius 1 is 1.11 bits per heavy atom. The summed E-state index contributed by atoms with van der Waals surface area (Å²) >= 11 is 16.4. The molecular weight excluding hydrogens is 581 g/mol. The van der Waals surface area contributed by atoms with Gasteiger partial charge in [0.15, 0.2) is 17.2 Å². The number of ether oxygens (including phenoxy) is 3.